The first-order chi connectivity index (χ1) is 13.9. The van der Waals surface area contributed by atoms with Crippen LogP contribution in [0.25, 0.3) is 0 Å². The number of imide groups is 1. The van der Waals surface area contributed by atoms with Crippen molar-refractivity contribution in [1.29, 1.82) is 0 Å². The summed E-state index contributed by atoms with van der Waals surface area (Å²) in [5.74, 6) is 0.898. The van der Waals surface area contributed by atoms with Crippen molar-refractivity contribution in [1.82, 2.24) is 19.6 Å². The molecule has 0 aliphatic carbocycles. The van der Waals surface area contributed by atoms with Gasteiger partial charge >= 0.3 is 18.0 Å². The molecule has 0 N–H and O–H groups in total. The van der Waals surface area contributed by atoms with Crippen molar-refractivity contribution in [2.45, 2.75) is 13.0 Å². The number of aliphatic imine (C=N–C) groups is 1. The zero-order valence-electron chi connectivity index (χ0n) is 17.5. The third-order valence-electron chi connectivity index (χ3n) is 5.41. The molecule has 29 heavy (non-hydrogen) atoms. The van der Waals surface area contributed by atoms with E-state index in [2.05, 4.69) is 9.89 Å². The van der Waals surface area contributed by atoms with Crippen LogP contribution in [-0.4, -0.2) is 134 Å². The van der Waals surface area contributed by atoms with Crippen LogP contribution in [0, 0.1) is 0 Å². The van der Waals surface area contributed by atoms with E-state index in [0.29, 0.717) is 58.3 Å². The maximum Gasteiger partial charge on any atom is 0.409 e. The number of fused-ring (bicyclic) bond motifs is 1. The molecule has 0 bridgehead atoms. The molecule has 0 radical (unpaired) electrons. The van der Waals surface area contributed by atoms with Crippen LogP contribution in [0.3, 0.4) is 0 Å². The largest absolute Gasteiger partial charge is 0.450 e. The number of carbonyl (C=O) groups is 3. The topological polar surface area (TPSA) is 98.0 Å². The molecule has 3 rings (SSSR count). The fourth-order valence-electron chi connectivity index (χ4n) is 3.73. The van der Waals surface area contributed by atoms with Gasteiger partial charge in [0.05, 0.1) is 13.2 Å². The number of amides is 4. The number of urea groups is 1. The molecule has 160 valence electrons. The maximum absolute atomic E-state index is 12.8. The second-order valence-corrected chi connectivity index (χ2v) is 7.18. The monoisotopic (exact) mass is 409 g/mol. The molecule has 11 nitrogen and oxygen atoms in total. The Hall–Kier alpha value is -2.53. The Bertz CT molecular complexity index is 743. The fourth-order valence-corrected chi connectivity index (χ4v) is 3.73. The standard InChI is InChI=1S/C18H29N6O5/c1-5-29-18(27)23-8-6-22(7-9-23)12-13-19-15-14(24(13)10-11-28-4)16(25)21(3)17(26)20(15)2/h14H,5-12H2,1-4H3/q+1. The summed E-state index contributed by atoms with van der Waals surface area (Å²) in [5, 5.41) is 0. The second kappa shape index (κ2) is 8.87. The molecule has 11 heteroatoms. The van der Waals surface area contributed by atoms with Crippen LogP contribution < -0.4 is 0 Å². The predicted molar refractivity (Wildman–Crippen MR) is 104 cm³/mol. The average Bonchev–Trinajstić information content (AvgIpc) is 3.08. The van der Waals surface area contributed by atoms with E-state index in [1.165, 1.54) is 11.9 Å². The number of amidine groups is 2. The molecular weight excluding hydrogens is 380 g/mol. The Morgan fingerprint density at radius 2 is 1.86 bits per heavy atom. The van der Waals surface area contributed by atoms with E-state index >= 15 is 0 Å². The molecule has 0 aromatic rings. The third kappa shape index (κ3) is 4.10. The summed E-state index contributed by atoms with van der Waals surface area (Å²) in [6.07, 6.45) is -0.289. The lowest BCUT2D eigenvalue weighted by atomic mass is 10.1. The molecule has 2 fully saturated rings. The minimum absolute atomic E-state index is 0.287. The lowest BCUT2D eigenvalue weighted by molar-refractivity contribution is -0.538. The number of methoxy groups -OCH3 is 1. The van der Waals surface area contributed by atoms with Crippen LogP contribution in [0.1, 0.15) is 6.92 Å². The highest BCUT2D eigenvalue weighted by Crippen LogP contribution is 2.19. The number of rotatable bonds is 6. The Morgan fingerprint density at radius 3 is 2.48 bits per heavy atom. The Morgan fingerprint density at radius 1 is 1.17 bits per heavy atom. The molecule has 2 saturated heterocycles. The summed E-state index contributed by atoms with van der Waals surface area (Å²) in [7, 11) is 4.72. The highest BCUT2D eigenvalue weighted by molar-refractivity contribution is 6.23. The highest BCUT2D eigenvalue weighted by Gasteiger charge is 2.53. The normalized spacial score (nSPS) is 23.0. The zero-order valence-corrected chi connectivity index (χ0v) is 17.5. The summed E-state index contributed by atoms with van der Waals surface area (Å²) >= 11 is 0. The Kier molecular flexibility index (Phi) is 6.48. The molecule has 4 amide bonds. The van der Waals surface area contributed by atoms with Crippen LogP contribution in [0.2, 0.25) is 0 Å². The Balaban J connectivity index is 1.75. The quantitative estimate of drug-likeness (QED) is 0.529. The van der Waals surface area contributed by atoms with Gasteiger partial charge in [0.15, 0.2) is 0 Å². The number of hydrogen-bond donors (Lipinski definition) is 0. The highest BCUT2D eigenvalue weighted by atomic mass is 16.6. The van der Waals surface area contributed by atoms with Gasteiger partial charge in [-0.05, 0) is 11.9 Å². The van der Waals surface area contributed by atoms with E-state index < -0.39 is 6.04 Å². The molecule has 0 spiro atoms. The van der Waals surface area contributed by atoms with Gasteiger partial charge in [0.1, 0.15) is 13.1 Å². The van der Waals surface area contributed by atoms with E-state index in [-0.39, 0.29) is 18.0 Å². The van der Waals surface area contributed by atoms with Gasteiger partial charge in [0.25, 0.3) is 17.8 Å². The molecule has 3 aliphatic heterocycles. The van der Waals surface area contributed by atoms with Crippen molar-refractivity contribution in [3.8, 4) is 0 Å². The summed E-state index contributed by atoms with van der Waals surface area (Å²) in [4.78, 5) is 48.0. The summed E-state index contributed by atoms with van der Waals surface area (Å²) < 4.78 is 12.2. The van der Waals surface area contributed by atoms with Crippen molar-refractivity contribution in [3.63, 3.8) is 0 Å². The first kappa shape index (κ1) is 21.2. The van der Waals surface area contributed by atoms with E-state index in [9.17, 15) is 14.4 Å². The molecule has 0 saturated carbocycles. The van der Waals surface area contributed by atoms with Gasteiger partial charge in [-0.2, -0.15) is 0 Å². The van der Waals surface area contributed by atoms with Crippen LogP contribution in [0.4, 0.5) is 9.59 Å². The third-order valence-corrected chi connectivity index (χ3v) is 5.41. The number of hydrogen-bond acceptors (Lipinski definition) is 7. The van der Waals surface area contributed by atoms with Crippen molar-refractivity contribution < 1.29 is 28.4 Å². The van der Waals surface area contributed by atoms with Crippen LogP contribution in [0.15, 0.2) is 4.99 Å². The number of ether oxygens (including phenoxy) is 2. The molecular formula is C18H29N6O5+. The smallest absolute Gasteiger partial charge is 0.409 e. The summed E-state index contributed by atoms with van der Waals surface area (Å²) in [5.41, 5.74) is 0. The first-order valence-corrected chi connectivity index (χ1v) is 9.78. The number of piperazine rings is 1. The van der Waals surface area contributed by atoms with E-state index in [1.807, 2.05) is 4.58 Å². The first-order valence-electron chi connectivity index (χ1n) is 9.78. The van der Waals surface area contributed by atoms with Crippen LogP contribution in [-0.2, 0) is 14.3 Å². The molecule has 3 aliphatic rings. The summed E-state index contributed by atoms with van der Waals surface area (Å²) in [6.45, 7) is 6.12. The molecule has 1 unspecified atom stereocenters. The summed E-state index contributed by atoms with van der Waals surface area (Å²) in [6, 6.07) is -1.00. The van der Waals surface area contributed by atoms with Crippen molar-refractivity contribution in [2.75, 3.05) is 73.7 Å². The number of likely N-dealkylation sites (N-methyl/N-ethyl adjacent to an activating group) is 2. The van der Waals surface area contributed by atoms with Gasteiger partial charge in [-0.25, -0.2) is 14.2 Å². The van der Waals surface area contributed by atoms with Crippen LogP contribution in [0.5, 0.6) is 0 Å². The van der Waals surface area contributed by atoms with Gasteiger partial charge in [-0.15, -0.1) is 0 Å². The second-order valence-electron chi connectivity index (χ2n) is 7.18. The van der Waals surface area contributed by atoms with Crippen molar-refractivity contribution >= 4 is 29.7 Å². The van der Waals surface area contributed by atoms with Crippen molar-refractivity contribution in [2.24, 2.45) is 4.99 Å². The van der Waals surface area contributed by atoms with Gasteiger partial charge in [-0.3, -0.25) is 19.5 Å². The molecule has 1 atom stereocenters. The number of nitrogens with zero attached hydrogens (tertiary/aromatic N) is 6. The molecule has 0 aromatic carbocycles. The Labute approximate surface area is 170 Å². The lowest BCUT2D eigenvalue weighted by Crippen LogP contribution is -2.61. The van der Waals surface area contributed by atoms with E-state index in [4.69, 9.17) is 9.47 Å². The fraction of sp³-hybridized carbons (Fsp3) is 0.722. The van der Waals surface area contributed by atoms with E-state index in [1.54, 1.807) is 26.0 Å². The van der Waals surface area contributed by atoms with Crippen LogP contribution >= 0.6 is 0 Å². The predicted octanol–water partition coefficient (Wildman–Crippen LogP) is -0.878. The van der Waals surface area contributed by atoms with E-state index in [0.717, 1.165) is 10.7 Å². The minimum atomic E-state index is -0.617. The number of carbonyl (C=O) groups excluding carboxylic acids is 3. The zero-order chi connectivity index (χ0) is 21.1. The molecule has 0 aromatic heterocycles. The lowest BCUT2D eigenvalue weighted by Gasteiger charge is -2.33. The minimum Gasteiger partial charge on any atom is -0.450 e. The van der Waals surface area contributed by atoms with Gasteiger partial charge < -0.3 is 14.4 Å². The van der Waals surface area contributed by atoms with Crippen molar-refractivity contribution in [3.05, 3.63) is 0 Å². The van der Waals surface area contributed by atoms with Gasteiger partial charge in [0, 0.05) is 47.4 Å². The van der Waals surface area contributed by atoms with Gasteiger partial charge in [0.2, 0.25) is 0 Å². The SMILES string of the molecule is CCOC(=O)N1CCN(CC2=[N+](CCOC)C3C(=O)N(C)C(=O)N(C)C3=N2)CC1. The maximum atomic E-state index is 12.8. The molecule has 3 heterocycles. The average molecular weight is 409 g/mol. The van der Waals surface area contributed by atoms with Gasteiger partial charge in [-0.1, -0.05) is 0 Å².